The Morgan fingerprint density at radius 3 is 2.63 bits per heavy atom. The Morgan fingerprint density at radius 1 is 0.895 bits per heavy atom. The summed E-state index contributed by atoms with van der Waals surface area (Å²) in [7, 11) is 0. The van der Waals surface area contributed by atoms with Crippen LogP contribution < -0.4 is 0 Å². The van der Waals surface area contributed by atoms with Crippen molar-refractivity contribution in [3.05, 3.63) is 59.8 Å². The second-order valence-electron chi connectivity index (χ2n) is 5.60. The van der Waals surface area contributed by atoms with Crippen molar-refractivity contribution < 1.29 is 0 Å². The molecule has 0 unspecified atom stereocenters. The molecule has 2 heteroatoms. The first kappa shape index (κ1) is 10.7. The summed E-state index contributed by atoms with van der Waals surface area (Å²) in [6.45, 7) is 4.49. The third-order valence-corrected chi connectivity index (χ3v) is 4.10. The molecule has 0 saturated heterocycles. The summed E-state index contributed by atoms with van der Waals surface area (Å²) in [4.78, 5) is 9.37. The molecule has 19 heavy (non-hydrogen) atoms. The average Bonchev–Trinajstić information content (AvgIpc) is 2.66. The third kappa shape index (κ3) is 1.31. The molecule has 0 saturated carbocycles. The van der Waals surface area contributed by atoms with Gasteiger partial charge in [-0.15, -0.1) is 0 Å². The average molecular weight is 246 g/mol. The van der Waals surface area contributed by atoms with E-state index in [1.54, 1.807) is 0 Å². The van der Waals surface area contributed by atoms with Crippen molar-refractivity contribution in [1.29, 1.82) is 0 Å². The highest BCUT2D eigenvalue weighted by molar-refractivity contribution is 5.86. The van der Waals surface area contributed by atoms with Gasteiger partial charge in [-0.1, -0.05) is 38.1 Å². The molecule has 0 fully saturated rings. The molecule has 2 aromatic heterocycles. The minimum Gasteiger partial charge on any atom is -0.254 e. The first-order valence-electron chi connectivity index (χ1n) is 6.54. The van der Waals surface area contributed by atoms with Gasteiger partial charge in [-0.2, -0.15) is 0 Å². The Labute approximate surface area is 112 Å². The number of para-hydroxylation sites is 1. The highest BCUT2D eigenvalue weighted by Gasteiger charge is 2.37. The summed E-state index contributed by atoms with van der Waals surface area (Å²) in [5.74, 6) is 0. The number of hydrogen-bond donors (Lipinski definition) is 0. The first-order chi connectivity index (χ1) is 9.18. The molecule has 4 rings (SSSR count). The lowest BCUT2D eigenvalue weighted by Crippen LogP contribution is -2.15. The molecule has 1 aromatic carbocycles. The maximum Gasteiger partial charge on any atom is 0.0937 e. The van der Waals surface area contributed by atoms with Crippen LogP contribution in [0.2, 0.25) is 0 Å². The van der Waals surface area contributed by atoms with E-state index in [0.717, 1.165) is 16.9 Å². The number of rotatable bonds is 0. The lowest BCUT2D eigenvalue weighted by molar-refractivity contribution is 0.659. The number of benzene rings is 1. The van der Waals surface area contributed by atoms with Gasteiger partial charge in [0, 0.05) is 17.0 Å². The van der Waals surface area contributed by atoms with Crippen LogP contribution in [0.25, 0.3) is 22.3 Å². The first-order valence-corrected chi connectivity index (χ1v) is 6.54. The van der Waals surface area contributed by atoms with Crippen LogP contribution in [0.5, 0.6) is 0 Å². The quantitative estimate of drug-likeness (QED) is 0.600. The van der Waals surface area contributed by atoms with Crippen molar-refractivity contribution in [2.24, 2.45) is 0 Å². The zero-order valence-electron chi connectivity index (χ0n) is 11.0. The zero-order chi connectivity index (χ0) is 13.0. The minimum atomic E-state index is -0.0179. The van der Waals surface area contributed by atoms with Crippen molar-refractivity contribution >= 4 is 10.9 Å². The van der Waals surface area contributed by atoms with Gasteiger partial charge >= 0.3 is 0 Å². The molecule has 1 aliphatic rings. The summed E-state index contributed by atoms with van der Waals surface area (Å²) in [6.07, 6.45) is 1.85. The van der Waals surface area contributed by atoms with Gasteiger partial charge in [-0.25, -0.2) is 4.98 Å². The van der Waals surface area contributed by atoms with Gasteiger partial charge in [0.05, 0.1) is 16.9 Å². The topological polar surface area (TPSA) is 25.8 Å². The molecule has 2 heterocycles. The fraction of sp³-hybridized carbons (Fsp3) is 0.176. The highest BCUT2D eigenvalue weighted by Crippen LogP contribution is 2.47. The van der Waals surface area contributed by atoms with E-state index in [1.165, 1.54) is 16.5 Å². The Hall–Kier alpha value is -2.22. The van der Waals surface area contributed by atoms with Crippen molar-refractivity contribution in [2.75, 3.05) is 0 Å². The Bertz CT molecular complexity index is 803. The van der Waals surface area contributed by atoms with Crippen molar-refractivity contribution in [3.8, 4) is 11.4 Å². The van der Waals surface area contributed by atoms with E-state index in [-0.39, 0.29) is 5.41 Å². The molecule has 0 radical (unpaired) electrons. The summed E-state index contributed by atoms with van der Waals surface area (Å²) in [5, 5.41) is 1.20. The number of nitrogens with zero attached hydrogens (tertiary/aromatic N) is 2. The van der Waals surface area contributed by atoms with Crippen LogP contribution in [0.3, 0.4) is 0 Å². The second-order valence-corrected chi connectivity index (χ2v) is 5.60. The van der Waals surface area contributed by atoms with Crippen LogP contribution in [0.15, 0.2) is 48.7 Å². The highest BCUT2D eigenvalue weighted by atomic mass is 14.8. The van der Waals surface area contributed by atoms with Gasteiger partial charge in [0.25, 0.3) is 0 Å². The largest absolute Gasteiger partial charge is 0.254 e. The minimum absolute atomic E-state index is 0.0179. The maximum atomic E-state index is 4.83. The van der Waals surface area contributed by atoms with E-state index in [2.05, 4.69) is 49.2 Å². The van der Waals surface area contributed by atoms with Crippen molar-refractivity contribution in [2.45, 2.75) is 19.3 Å². The lowest BCUT2D eigenvalue weighted by Gasteiger charge is -2.20. The lowest BCUT2D eigenvalue weighted by atomic mass is 9.83. The second kappa shape index (κ2) is 3.41. The summed E-state index contributed by atoms with van der Waals surface area (Å²) in [5.41, 5.74) is 5.64. The standard InChI is InChI=1S/C17H14N2/c1-17(2)12-7-5-9-18-15(12)16-13(17)10-11-6-3-4-8-14(11)19-16/h3-10H,1-2H3. The molecule has 0 amide bonds. The van der Waals surface area contributed by atoms with Crippen LogP contribution in [-0.2, 0) is 5.41 Å². The maximum absolute atomic E-state index is 4.83. The normalized spacial score (nSPS) is 15.3. The third-order valence-electron chi connectivity index (χ3n) is 4.10. The number of pyridine rings is 2. The number of aromatic nitrogens is 2. The van der Waals surface area contributed by atoms with E-state index >= 15 is 0 Å². The fourth-order valence-corrected chi connectivity index (χ4v) is 3.02. The Balaban J connectivity index is 2.15. The van der Waals surface area contributed by atoms with Crippen LogP contribution in [-0.4, -0.2) is 9.97 Å². The Morgan fingerprint density at radius 2 is 1.74 bits per heavy atom. The van der Waals surface area contributed by atoms with Crippen molar-refractivity contribution in [3.63, 3.8) is 0 Å². The van der Waals surface area contributed by atoms with E-state index in [4.69, 9.17) is 4.98 Å². The molecular weight excluding hydrogens is 232 g/mol. The zero-order valence-corrected chi connectivity index (χ0v) is 11.0. The van der Waals surface area contributed by atoms with Gasteiger partial charge in [0.1, 0.15) is 0 Å². The van der Waals surface area contributed by atoms with E-state index in [1.807, 2.05) is 18.3 Å². The fourth-order valence-electron chi connectivity index (χ4n) is 3.02. The summed E-state index contributed by atoms with van der Waals surface area (Å²) >= 11 is 0. The molecule has 0 spiro atoms. The molecule has 3 aromatic rings. The number of fused-ring (bicyclic) bond motifs is 4. The molecule has 0 aliphatic heterocycles. The monoisotopic (exact) mass is 246 g/mol. The van der Waals surface area contributed by atoms with Gasteiger partial charge in [-0.05, 0) is 29.3 Å². The number of hydrogen-bond acceptors (Lipinski definition) is 2. The smallest absolute Gasteiger partial charge is 0.0937 e. The van der Waals surface area contributed by atoms with Crippen LogP contribution in [0.1, 0.15) is 25.0 Å². The van der Waals surface area contributed by atoms with Gasteiger partial charge < -0.3 is 0 Å². The van der Waals surface area contributed by atoms with Crippen LogP contribution >= 0.6 is 0 Å². The van der Waals surface area contributed by atoms with E-state index < -0.39 is 0 Å². The van der Waals surface area contributed by atoms with Crippen molar-refractivity contribution in [1.82, 2.24) is 9.97 Å². The molecular formula is C17H14N2. The molecule has 2 nitrogen and oxygen atoms in total. The Kier molecular flexibility index (Phi) is 1.92. The SMILES string of the molecule is CC1(C)c2cccnc2-c2nc3ccccc3cc21. The van der Waals surface area contributed by atoms with Crippen LogP contribution in [0.4, 0.5) is 0 Å². The van der Waals surface area contributed by atoms with Crippen LogP contribution in [0, 0.1) is 0 Å². The van der Waals surface area contributed by atoms with Gasteiger partial charge in [0.15, 0.2) is 0 Å². The molecule has 0 bridgehead atoms. The molecule has 1 aliphatic carbocycles. The summed E-state index contributed by atoms with van der Waals surface area (Å²) in [6, 6.07) is 14.7. The van der Waals surface area contributed by atoms with Gasteiger partial charge in [0.2, 0.25) is 0 Å². The predicted octanol–water partition coefficient (Wildman–Crippen LogP) is 3.94. The summed E-state index contributed by atoms with van der Waals surface area (Å²) < 4.78 is 0. The molecule has 92 valence electrons. The predicted molar refractivity (Wildman–Crippen MR) is 77.1 cm³/mol. The van der Waals surface area contributed by atoms with E-state index in [9.17, 15) is 0 Å². The molecule has 0 atom stereocenters. The van der Waals surface area contributed by atoms with Gasteiger partial charge in [-0.3, -0.25) is 4.98 Å². The molecule has 0 N–H and O–H groups in total. The van der Waals surface area contributed by atoms with E-state index in [0.29, 0.717) is 0 Å².